The number of nitriles is 2. The van der Waals surface area contributed by atoms with Crippen LogP contribution in [0.2, 0.25) is 0 Å². The maximum absolute atomic E-state index is 10.2. The SMILES string of the molecule is N#Cc1cccc(-c2nc3ccccc3nc2-c2ccc(-c3cc(-c4ccc(-c5ccc6nc(-c7ccc(C#N)c8ccccc78)c(-c7ccc(-c8cc(-c9ccc(-c%10ccccc%10)cc9)nc(-c9ccccc9)n8)cc7)nc6c5)cc4)nc(-c4ccccc4)n3)c3ccccc23)c1. The van der Waals surface area contributed by atoms with Crippen LogP contribution in [0.4, 0.5) is 0 Å². The van der Waals surface area contributed by atoms with Crippen LogP contribution < -0.4 is 0 Å². The van der Waals surface area contributed by atoms with E-state index in [-0.39, 0.29) is 0 Å². The summed E-state index contributed by atoms with van der Waals surface area (Å²) in [5.74, 6) is 1.23. The van der Waals surface area contributed by atoms with Crippen molar-refractivity contribution in [3.63, 3.8) is 0 Å². The van der Waals surface area contributed by atoms with E-state index in [0.29, 0.717) is 39.9 Å². The predicted octanol–water partition coefficient (Wildman–Crippen LogP) is 21.2. The van der Waals surface area contributed by atoms with Crippen LogP contribution in [-0.4, -0.2) is 39.9 Å². The van der Waals surface area contributed by atoms with E-state index in [4.69, 9.17) is 39.9 Å². The third-order valence-corrected chi connectivity index (χ3v) is 18.0. The summed E-state index contributed by atoms with van der Waals surface area (Å²) in [4.78, 5) is 42.3. The van der Waals surface area contributed by atoms with Crippen LogP contribution in [0.25, 0.3) is 179 Å². The van der Waals surface area contributed by atoms with E-state index in [1.165, 1.54) is 0 Å². The fourth-order valence-corrected chi connectivity index (χ4v) is 13.1. The molecule has 0 fully saturated rings. The molecule has 17 rings (SSSR count). The first-order valence-corrected chi connectivity index (χ1v) is 32.2. The second-order valence-corrected chi connectivity index (χ2v) is 24.0. The quantitative estimate of drug-likeness (QED) is 0.116. The molecule has 10 heteroatoms. The van der Waals surface area contributed by atoms with Crippen molar-refractivity contribution in [3.8, 4) is 147 Å². The summed E-state index contributed by atoms with van der Waals surface area (Å²) in [7, 11) is 0. The van der Waals surface area contributed by atoms with Crippen LogP contribution in [0.15, 0.2) is 315 Å². The summed E-state index contributed by atoms with van der Waals surface area (Å²) in [5.41, 5.74) is 23.3. The highest BCUT2D eigenvalue weighted by Gasteiger charge is 2.22. The van der Waals surface area contributed by atoms with Gasteiger partial charge in [0.15, 0.2) is 11.6 Å². The van der Waals surface area contributed by atoms with Gasteiger partial charge in [0, 0.05) is 61.0 Å². The molecule has 0 bridgehead atoms. The lowest BCUT2D eigenvalue weighted by Gasteiger charge is -2.16. The van der Waals surface area contributed by atoms with Crippen molar-refractivity contribution in [2.24, 2.45) is 0 Å². The van der Waals surface area contributed by atoms with Gasteiger partial charge in [-0.05, 0) is 93.0 Å². The van der Waals surface area contributed by atoms with Crippen LogP contribution in [0, 0.1) is 22.7 Å². The molecule has 0 unspecified atom stereocenters. The minimum Gasteiger partial charge on any atom is -0.244 e. The Kier molecular flexibility index (Phi) is 14.8. The number of para-hydroxylation sites is 2. The molecule has 17 aromatic rings. The molecule has 10 nitrogen and oxygen atoms in total. The average molecular weight is 1250 g/mol. The molecule has 0 N–H and O–H groups in total. The van der Waals surface area contributed by atoms with Gasteiger partial charge in [-0.15, -0.1) is 0 Å². The average Bonchev–Trinajstić information content (AvgIpc) is 0.762. The maximum atomic E-state index is 10.2. The first kappa shape index (κ1) is 58.1. The van der Waals surface area contributed by atoms with Gasteiger partial charge in [0.2, 0.25) is 0 Å². The minimum atomic E-state index is 0.546. The summed E-state index contributed by atoms with van der Waals surface area (Å²) in [6.07, 6.45) is 0. The largest absolute Gasteiger partial charge is 0.244 e. The number of hydrogen-bond donors (Lipinski definition) is 0. The number of aromatic nitrogens is 8. The molecular formula is C88H52N10. The molecular weight excluding hydrogens is 1200 g/mol. The predicted molar refractivity (Wildman–Crippen MR) is 393 cm³/mol. The lowest BCUT2D eigenvalue weighted by Crippen LogP contribution is -1.98. The van der Waals surface area contributed by atoms with Crippen LogP contribution in [-0.2, 0) is 0 Å². The Morgan fingerprint density at radius 3 is 1.14 bits per heavy atom. The molecule has 0 saturated carbocycles. The molecule has 98 heavy (non-hydrogen) atoms. The summed E-state index contributed by atoms with van der Waals surface area (Å²) >= 11 is 0. The molecule has 0 radical (unpaired) electrons. The summed E-state index contributed by atoms with van der Waals surface area (Å²) < 4.78 is 0. The third-order valence-electron chi connectivity index (χ3n) is 18.0. The van der Waals surface area contributed by atoms with Crippen LogP contribution in [0.3, 0.4) is 0 Å². The molecule has 0 spiro atoms. The zero-order valence-electron chi connectivity index (χ0n) is 52.5. The van der Waals surface area contributed by atoms with E-state index in [0.717, 1.165) is 150 Å². The zero-order chi connectivity index (χ0) is 65.5. The van der Waals surface area contributed by atoms with Crippen molar-refractivity contribution in [1.29, 1.82) is 10.5 Å². The van der Waals surface area contributed by atoms with Crippen molar-refractivity contribution in [2.75, 3.05) is 0 Å². The second kappa shape index (κ2) is 24.9. The van der Waals surface area contributed by atoms with Gasteiger partial charge in [-0.25, -0.2) is 39.9 Å². The molecule has 4 aromatic heterocycles. The fourth-order valence-electron chi connectivity index (χ4n) is 13.1. The molecule has 0 aliphatic heterocycles. The molecule has 0 atom stereocenters. The Bertz CT molecular complexity index is 6050. The lowest BCUT2D eigenvalue weighted by atomic mass is 9.93. The molecule has 13 aromatic carbocycles. The highest BCUT2D eigenvalue weighted by Crippen LogP contribution is 2.42. The molecule has 0 amide bonds. The number of fused-ring (bicyclic) bond motifs is 4. The number of nitrogens with zero attached hydrogens (tertiary/aromatic N) is 10. The topological polar surface area (TPSA) is 151 Å². The van der Waals surface area contributed by atoms with E-state index < -0.39 is 0 Å². The third kappa shape index (κ3) is 11.0. The molecule has 4 heterocycles. The van der Waals surface area contributed by atoms with Crippen LogP contribution in [0.1, 0.15) is 11.1 Å². The normalized spacial score (nSPS) is 11.2. The van der Waals surface area contributed by atoms with E-state index >= 15 is 0 Å². The molecule has 0 aliphatic rings. The van der Waals surface area contributed by atoms with Gasteiger partial charge in [-0.1, -0.05) is 261 Å². The Balaban J connectivity index is 0.742. The molecule has 0 aliphatic carbocycles. The maximum Gasteiger partial charge on any atom is 0.160 e. The number of hydrogen-bond acceptors (Lipinski definition) is 10. The van der Waals surface area contributed by atoms with E-state index in [1.807, 2.05) is 158 Å². The van der Waals surface area contributed by atoms with Gasteiger partial charge in [0.25, 0.3) is 0 Å². The fraction of sp³-hybridized carbons (Fsp3) is 0. The van der Waals surface area contributed by atoms with Gasteiger partial charge >= 0.3 is 0 Å². The van der Waals surface area contributed by atoms with Crippen molar-refractivity contribution >= 4 is 43.6 Å². The first-order valence-electron chi connectivity index (χ1n) is 32.2. The highest BCUT2D eigenvalue weighted by molar-refractivity contribution is 6.07. The van der Waals surface area contributed by atoms with Crippen molar-refractivity contribution < 1.29 is 0 Å². The van der Waals surface area contributed by atoms with Crippen LogP contribution >= 0.6 is 0 Å². The summed E-state index contributed by atoms with van der Waals surface area (Å²) in [6.45, 7) is 0. The van der Waals surface area contributed by atoms with Gasteiger partial charge in [0.05, 0.1) is 90.9 Å². The van der Waals surface area contributed by atoms with E-state index in [9.17, 15) is 10.5 Å². The van der Waals surface area contributed by atoms with Gasteiger partial charge < -0.3 is 0 Å². The van der Waals surface area contributed by atoms with Crippen molar-refractivity contribution in [3.05, 3.63) is 327 Å². The van der Waals surface area contributed by atoms with Crippen molar-refractivity contribution in [1.82, 2.24) is 39.9 Å². The first-order chi connectivity index (χ1) is 48.4. The minimum absolute atomic E-state index is 0.546. The Labute approximate surface area is 564 Å². The summed E-state index contributed by atoms with van der Waals surface area (Å²) in [5, 5.41) is 23.9. The van der Waals surface area contributed by atoms with E-state index in [1.54, 1.807) is 6.07 Å². The van der Waals surface area contributed by atoms with E-state index in [2.05, 4.69) is 164 Å². The van der Waals surface area contributed by atoms with Crippen LogP contribution in [0.5, 0.6) is 0 Å². The second-order valence-electron chi connectivity index (χ2n) is 24.0. The van der Waals surface area contributed by atoms with Gasteiger partial charge in [-0.2, -0.15) is 10.5 Å². The lowest BCUT2D eigenvalue weighted by molar-refractivity contribution is 1.18. The van der Waals surface area contributed by atoms with Crippen molar-refractivity contribution in [2.45, 2.75) is 0 Å². The monoisotopic (exact) mass is 1250 g/mol. The Morgan fingerprint density at radius 1 is 0.204 bits per heavy atom. The highest BCUT2D eigenvalue weighted by atomic mass is 14.9. The Morgan fingerprint density at radius 2 is 0.582 bits per heavy atom. The smallest absolute Gasteiger partial charge is 0.160 e. The zero-order valence-corrected chi connectivity index (χ0v) is 52.5. The Hall–Kier alpha value is -13.8. The number of benzene rings is 13. The number of rotatable bonds is 12. The summed E-state index contributed by atoms with van der Waals surface area (Å²) in [6, 6.07) is 111. The molecule has 0 saturated heterocycles. The van der Waals surface area contributed by atoms with Gasteiger partial charge in [-0.3, -0.25) is 0 Å². The molecule has 454 valence electrons. The standard InChI is InChI=1S/C88H52N10/c89-53-55-17-16-24-66(49-55)84-86(92-76-30-15-14-29-75(76)91-84)74-47-46-72(70-27-12-13-28-71(70)74)81-52-80(97-88(98-81)64-22-8-3-9-23-64)60-37-33-58(34-38-60)65-44-48-77-82(50-65)94-83(85(93-77)73-45-43-67(54-90)68-25-10-11-26-69(68)73)62-41-39-61(40-42-62)79-51-78(95-87(96-79)63-20-6-2-7-21-63)59-35-31-57(32-36-59)56-18-4-1-5-19-56/h1-52H. The van der Waals surface area contributed by atoms with Gasteiger partial charge in [0.1, 0.15) is 0 Å².